The van der Waals surface area contributed by atoms with Gasteiger partial charge in [-0.25, -0.2) is 9.97 Å². The van der Waals surface area contributed by atoms with Gasteiger partial charge in [0.25, 0.3) is 0 Å². The van der Waals surface area contributed by atoms with Crippen LogP contribution in [-0.4, -0.2) is 17.1 Å². The van der Waals surface area contributed by atoms with E-state index in [4.69, 9.17) is 4.74 Å². The molecule has 1 aliphatic rings. The zero-order valence-electron chi connectivity index (χ0n) is 8.66. The molecule has 3 heteroatoms. The van der Waals surface area contributed by atoms with Crippen LogP contribution >= 0.6 is 0 Å². The summed E-state index contributed by atoms with van der Waals surface area (Å²) in [6.45, 7) is 0. The summed E-state index contributed by atoms with van der Waals surface area (Å²) < 4.78 is 5.28. The van der Waals surface area contributed by atoms with E-state index in [0.29, 0.717) is 0 Å². The number of ether oxygens (including phenoxy) is 1. The number of aromatic nitrogens is 2. The molecule has 0 unspecified atom stereocenters. The molecule has 0 fully saturated rings. The van der Waals surface area contributed by atoms with Crippen LogP contribution in [0.3, 0.4) is 0 Å². The number of hydrogen-bond acceptors (Lipinski definition) is 3. The molecule has 15 heavy (non-hydrogen) atoms. The number of benzene rings is 1. The quantitative estimate of drug-likeness (QED) is 0.707. The van der Waals surface area contributed by atoms with Crippen molar-refractivity contribution in [1.29, 1.82) is 0 Å². The van der Waals surface area contributed by atoms with Crippen LogP contribution in [0, 0.1) is 0 Å². The van der Waals surface area contributed by atoms with Crippen molar-refractivity contribution >= 4 is 11.0 Å². The van der Waals surface area contributed by atoms with Crippen LogP contribution in [0.5, 0.6) is 5.75 Å². The number of para-hydroxylation sites is 1. The van der Waals surface area contributed by atoms with E-state index in [1.165, 1.54) is 6.42 Å². The third-order valence-electron chi connectivity index (χ3n) is 2.86. The van der Waals surface area contributed by atoms with E-state index in [9.17, 15) is 0 Å². The highest BCUT2D eigenvalue weighted by Gasteiger charge is 2.16. The van der Waals surface area contributed by atoms with Crippen molar-refractivity contribution in [3.63, 3.8) is 0 Å². The zero-order valence-corrected chi connectivity index (χ0v) is 8.66. The van der Waals surface area contributed by atoms with Crippen molar-refractivity contribution in [2.45, 2.75) is 19.3 Å². The van der Waals surface area contributed by atoms with Gasteiger partial charge in [0.2, 0.25) is 0 Å². The van der Waals surface area contributed by atoms with E-state index in [2.05, 4.69) is 9.97 Å². The Morgan fingerprint density at radius 1 is 1.13 bits per heavy atom. The second-order valence-corrected chi connectivity index (χ2v) is 3.80. The number of methoxy groups -OCH3 is 1. The summed E-state index contributed by atoms with van der Waals surface area (Å²) in [5.41, 5.74) is 4.14. The topological polar surface area (TPSA) is 35.0 Å². The van der Waals surface area contributed by atoms with Crippen LogP contribution < -0.4 is 4.74 Å². The minimum absolute atomic E-state index is 0.815. The number of rotatable bonds is 1. The maximum Gasteiger partial charge on any atom is 0.146 e. The van der Waals surface area contributed by atoms with E-state index < -0.39 is 0 Å². The van der Waals surface area contributed by atoms with Crippen molar-refractivity contribution in [3.8, 4) is 5.75 Å². The van der Waals surface area contributed by atoms with E-state index in [1.807, 2.05) is 18.2 Å². The summed E-state index contributed by atoms with van der Waals surface area (Å²) in [6.07, 6.45) is 3.29. The molecule has 3 rings (SSSR count). The molecule has 0 atom stereocenters. The lowest BCUT2D eigenvalue weighted by Crippen LogP contribution is -1.96. The third kappa shape index (κ3) is 1.27. The van der Waals surface area contributed by atoms with Gasteiger partial charge in [0.1, 0.15) is 11.3 Å². The van der Waals surface area contributed by atoms with Crippen molar-refractivity contribution in [2.24, 2.45) is 0 Å². The maximum atomic E-state index is 5.28. The first-order chi connectivity index (χ1) is 7.38. The van der Waals surface area contributed by atoms with E-state index in [1.54, 1.807) is 7.11 Å². The fourth-order valence-electron chi connectivity index (χ4n) is 2.11. The first-order valence-electron chi connectivity index (χ1n) is 5.21. The minimum atomic E-state index is 0.815. The molecule has 0 radical (unpaired) electrons. The standard InChI is InChI=1S/C12H12N2O/c1-15-11-7-3-6-10-12(11)14-9-5-2-4-8(9)13-10/h3,6-7H,2,4-5H2,1H3. The first kappa shape index (κ1) is 8.65. The Hall–Kier alpha value is -1.64. The Labute approximate surface area is 88.1 Å². The molecular weight excluding hydrogens is 188 g/mol. The maximum absolute atomic E-state index is 5.28. The van der Waals surface area contributed by atoms with Crippen LogP contribution in [0.15, 0.2) is 18.2 Å². The number of aryl methyl sites for hydroxylation is 2. The average molecular weight is 200 g/mol. The van der Waals surface area contributed by atoms with Gasteiger partial charge in [-0.15, -0.1) is 0 Å². The molecule has 1 aromatic carbocycles. The van der Waals surface area contributed by atoms with Crippen LogP contribution in [0.2, 0.25) is 0 Å². The highest BCUT2D eigenvalue weighted by molar-refractivity contribution is 5.81. The van der Waals surface area contributed by atoms with Crippen molar-refractivity contribution in [2.75, 3.05) is 7.11 Å². The number of hydrogen-bond donors (Lipinski definition) is 0. The van der Waals surface area contributed by atoms with Crippen molar-refractivity contribution < 1.29 is 4.74 Å². The summed E-state index contributed by atoms with van der Waals surface area (Å²) >= 11 is 0. The molecule has 2 aromatic rings. The van der Waals surface area contributed by atoms with Gasteiger partial charge in [-0.2, -0.15) is 0 Å². The highest BCUT2D eigenvalue weighted by Crippen LogP contribution is 2.26. The van der Waals surface area contributed by atoms with Crippen LogP contribution in [0.25, 0.3) is 11.0 Å². The molecule has 1 aliphatic carbocycles. The second kappa shape index (κ2) is 3.19. The van der Waals surface area contributed by atoms with Crippen LogP contribution in [-0.2, 0) is 12.8 Å². The van der Waals surface area contributed by atoms with Crippen molar-refractivity contribution in [1.82, 2.24) is 9.97 Å². The lowest BCUT2D eigenvalue weighted by Gasteiger charge is -2.05. The summed E-state index contributed by atoms with van der Waals surface area (Å²) in [5, 5.41) is 0. The molecular formula is C12H12N2O. The lowest BCUT2D eigenvalue weighted by molar-refractivity contribution is 0.418. The Bertz CT molecular complexity index is 522. The molecule has 0 saturated carbocycles. The van der Waals surface area contributed by atoms with Gasteiger partial charge < -0.3 is 4.74 Å². The van der Waals surface area contributed by atoms with Gasteiger partial charge in [0.15, 0.2) is 0 Å². The normalized spacial score (nSPS) is 14.2. The number of fused-ring (bicyclic) bond motifs is 2. The van der Waals surface area contributed by atoms with Gasteiger partial charge in [-0.05, 0) is 31.4 Å². The van der Waals surface area contributed by atoms with Gasteiger partial charge in [0, 0.05) is 0 Å². The summed E-state index contributed by atoms with van der Waals surface area (Å²) in [4.78, 5) is 9.26. The SMILES string of the molecule is COc1cccc2nc3c(nc12)CCC3. The van der Waals surface area contributed by atoms with E-state index >= 15 is 0 Å². The summed E-state index contributed by atoms with van der Waals surface area (Å²) in [6, 6.07) is 5.87. The van der Waals surface area contributed by atoms with E-state index in [0.717, 1.165) is 41.0 Å². The molecule has 0 spiro atoms. The smallest absolute Gasteiger partial charge is 0.146 e. The summed E-state index contributed by atoms with van der Waals surface area (Å²) in [7, 11) is 1.67. The average Bonchev–Trinajstić information content (AvgIpc) is 2.72. The molecule has 0 saturated heterocycles. The predicted molar refractivity (Wildman–Crippen MR) is 58.1 cm³/mol. The first-order valence-corrected chi connectivity index (χ1v) is 5.21. The Kier molecular flexibility index (Phi) is 1.84. The Morgan fingerprint density at radius 3 is 2.73 bits per heavy atom. The van der Waals surface area contributed by atoms with Crippen molar-refractivity contribution in [3.05, 3.63) is 29.6 Å². The number of nitrogens with zero attached hydrogens (tertiary/aromatic N) is 2. The van der Waals surface area contributed by atoms with Gasteiger partial charge >= 0.3 is 0 Å². The summed E-state index contributed by atoms with van der Waals surface area (Å²) in [5.74, 6) is 0.815. The molecule has 1 heterocycles. The molecule has 3 nitrogen and oxygen atoms in total. The molecule has 0 aliphatic heterocycles. The van der Waals surface area contributed by atoms with Gasteiger partial charge in [-0.3, -0.25) is 0 Å². The minimum Gasteiger partial charge on any atom is -0.494 e. The van der Waals surface area contributed by atoms with Gasteiger partial charge in [0.05, 0.1) is 24.0 Å². The Morgan fingerprint density at radius 2 is 1.93 bits per heavy atom. The monoisotopic (exact) mass is 200 g/mol. The molecule has 0 amide bonds. The highest BCUT2D eigenvalue weighted by atomic mass is 16.5. The van der Waals surface area contributed by atoms with Crippen LogP contribution in [0.1, 0.15) is 17.8 Å². The fraction of sp³-hybridized carbons (Fsp3) is 0.333. The molecule has 1 aromatic heterocycles. The second-order valence-electron chi connectivity index (χ2n) is 3.80. The predicted octanol–water partition coefficient (Wildman–Crippen LogP) is 2.13. The lowest BCUT2D eigenvalue weighted by atomic mass is 10.2. The largest absolute Gasteiger partial charge is 0.494 e. The van der Waals surface area contributed by atoms with Gasteiger partial charge in [-0.1, -0.05) is 6.07 Å². The van der Waals surface area contributed by atoms with Crippen LogP contribution in [0.4, 0.5) is 0 Å². The third-order valence-corrected chi connectivity index (χ3v) is 2.86. The zero-order chi connectivity index (χ0) is 10.3. The Balaban J connectivity index is 2.33. The fourth-order valence-corrected chi connectivity index (χ4v) is 2.11. The molecule has 0 N–H and O–H groups in total. The van der Waals surface area contributed by atoms with E-state index in [-0.39, 0.29) is 0 Å². The molecule has 76 valence electrons. The molecule has 0 bridgehead atoms.